The van der Waals surface area contributed by atoms with Gasteiger partial charge in [0.25, 0.3) is 5.91 Å². The molecule has 2 N–H and O–H groups in total. The number of nitrogens with zero attached hydrogens (tertiary/aromatic N) is 3. The summed E-state index contributed by atoms with van der Waals surface area (Å²) >= 11 is 0. The van der Waals surface area contributed by atoms with Crippen LogP contribution in [-0.4, -0.2) is 32.6 Å². The lowest BCUT2D eigenvalue weighted by molar-refractivity contribution is -0.120. The fraction of sp³-hybridized carbons (Fsp3) is 0.200. The van der Waals surface area contributed by atoms with Crippen LogP contribution < -0.4 is 10.6 Å². The van der Waals surface area contributed by atoms with Crippen LogP contribution in [0.5, 0.6) is 0 Å². The van der Waals surface area contributed by atoms with Crippen LogP contribution in [0.3, 0.4) is 0 Å². The Hall–Kier alpha value is -3.48. The maximum absolute atomic E-state index is 12.7. The molecule has 0 saturated heterocycles. The molecule has 0 radical (unpaired) electrons. The summed E-state index contributed by atoms with van der Waals surface area (Å²) < 4.78 is 1.55. The van der Waals surface area contributed by atoms with Gasteiger partial charge in [0.05, 0.1) is 17.7 Å². The molecule has 0 spiro atoms. The van der Waals surface area contributed by atoms with E-state index in [9.17, 15) is 9.59 Å². The molecule has 1 heterocycles. The highest BCUT2D eigenvalue weighted by Crippen LogP contribution is 2.19. The predicted octanol–water partition coefficient (Wildman–Crippen LogP) is 2.34. The number of nitrogens with one attached hydrogen (secondary N) is 2. The fourth-order valence-electron chi connectivity index (χ4n) is 2.79. The lowest BCUT2D eigenvalue weighted by Gasteiger charge is -2.10. The van der Waals surface area contributed by atoms with Crippen LogP contribution >= 0.6 is 0 Å². The molecule has 1 fully saturated rings. The van der Waals surface area contributed by atoms with E-state index < -0.39 is 0 Å². The number of carbonyl (C=O) groups excluding carboxylic acids is 2. The van der Waals surface area contributed by atoms with Gasteiger partial charge in [-0.25, -0.2) is 9.67 Å². The summed E-state index contributed by atoms with van der Waals surface area (Å²) in [4.78, 5) is 28.5. The Morgan fingerprint density at radius 3 is 2.56 bits per heavy atom. The van der Waals surface area contributed by atoms with Crippen LogP contribution in [-0.2, 0) is 11.2 Å². The van der Waals surface area contributed by atoms with Crippen molar-refractivity contribution in [2.24, 2.45) is 0 Å². The van der Waals surface area contributed by atoms with Gasteiger partial charge in [-0.05, 0) is 42.7 Å². The second kappa shape index (κ2) is 7.41. The third-order valence-corrected chi connectivity index (χ3v) is 4.33. The summed E-state index contributed by atoms with van der Waals surface area (Å²) in [6.07, 6.45) is 5.47. The fourth-order valence-corrected chi connectivity index (χ4v) is 2.79. The van der Waals surface area contributed by atoms with Gasteiger partial charge >= 0.3 is 0 Å². The number of anilines is 1. The molecule has 1 saturated carbocycles. The summed E-state index contributed by atoms with van der Waals surface area (Å²) in [5.41, 5.74) is 2.73. The summed E-state index contributed by atoms with van der Waals surface area (Å²) in [5, 5.41) is 9.94. The summed E-state index contributed by atoms with van der Waals surface area (Å²) in [5.74, 6) is -0.198. The Morgan fingerprint density at radius 2 is 1.85 bits per heavy atom. The van der Waals surface area contributed by atoms with Gasteiger partial charge < -0.3 is 10.6 Å². The molecule has 0 atom stereocenters. The molecule has 0 unspecified atom stereocenters. The lowest BCUT2D eigenvalue weighted by atomic mass is 10.1. The van der Waals surface area contributed by atoms with Crippen LogP contribution in [0.15, 0.2) is 61.2 Å². The van der Waals surface area contributed by atoms with Crippen molar-refractivity contribution in [2.75, 3.05) is 5.32 Å². The zero-order valence-corrected chi connectivity index (χ0v) is 14.6. The van der Waals surface area contributed by atoms with Gasteiger partial charge in [-0.1, -0.05) is 24.3 Å². The maximum Gasteiger partial charge on any atom is 0.257 e. The van der Waals surface area contributed by atoms with Crippen molar-refractivity contribution in [3.05, 3.63) is 72.3 Å². The van der Waals surface area contributed by atoms with Crippen LogP contribution in [0.1, 0.15) is 28.8 Å². The first-order chi connectivity index (χ1) is 13.2. The number of hydrogen-bond donors (Lipinski definition) is 2. The maximum atomic E-state index is 12.7. The molecule has 1 aliphatic rings. The third-order valence-electron chi connectivity index (χ3n) is 4.33. The Morgan fingerprint density at radius 1 is 1.07 bits per heavy atom. The van der Waals surface area contributed by atoms with Gasteiger partial charge in [0, 0.05) is 11.7 Å². The average molecular weight is 361 g/mol. The monoisotopic (exact) mass is 361 g/mol. The summed E-state index contributed by atoms with van der Waals surface area (Å²) in [7, 11) is 0. The third kappa shape index (κ3) is 4.20. The molecule has 0 aliphatic heterocycles. The normalized spacial score (nSPS) is 13.2. The van der Waals surface area contributed by atoms with E-state index in [1.165, 1.54) is 6.33 Å². The first-order valence-corrected chi connectivity index (χ1v) is 8.83. The SMILES string of the molecule is O=C(Cc1ccc(NC(=O)c2ccccc2-n2cncn2)cc1)NC1CC1. The van der Waals surface area contributed by atoms with E-state index in [2.05, 4.69) is 20.7 Å². The lowest BCUT2D eigenvalue weighted by Crippen LogP contribution is -2.26. The number of hydrogen-bond acceptors (Lipinski definition) is 4. The van der Waals surface area contributed by atoms with Gasteiger partial charge in [0.2, 0.25) is 5.91 Å². The zero-order chi connectivity index (χ0) is 18.6. The molecule has 27 heavy (non-hydrogen) atoms. The summed E-state index contributed by atoms with van der Waals surface area (Å²) in [6, 6.07) is 14.9. The first kappa shape index (κ1) is 17.0. The molecule has 7 heteroatoms. The van der Waals surface area contributed by atoms with Gasteiger partial charge in [0.15, 0.2) is 0 Å². The van der Waals surface area contributed by atoms with E-state index in [0.29, 0.717) is 29.4 Å². The molecule has 3 aromatic rings. The molecular formula is C20H19N5O2. The van der Waals surface area contributed by atoms with Crippen molar-refractivity contribution < 1.29 is 9.59 Å². The Labute approximate surface area is 156 Å². The number of para-hydroxylation sites is 1. The molecule has 7 nitrogen and oxygen atoms in total. The molecule has 2 amide bonds. The Bertz CT molecular complexity index is 947. The average Bonchev–Trinajstić information content (AvgIpc) is 3.32. The van der Waals surface area contributed by atoms with Gasteiger partial charge in [-0.15, -0.1) is 0 Å². The van der Waals surface area contributed by atoms with Crippen LogP contribution in [0.25, 0.3) is 5.69 Å². The molecule has 1 aromatic heterocycles. The highest BCUT2D eigenvalue weighted by molar-refractivity contribution is 6.06. The topological polar surface area (TPSA) is 88.9 Å². The van der Waals surface area contributed by atoms with Crippen molar-refractivity contribution in [1.82, 2.24) is 20.1 Å². The number of aromatic nitrogens is 3. The van der Waals surface area contributed by atoms with Crippen LogP contribution in [0, 0.1) is 0 Å². The van der Waals surface area contributed by atoms with E-state index >= 15 is 0 Å². The van der Waals surface area contributed by atoms with Crippen molar-refractivity contribution >= 4 is 17.5 Å². The smallest absolute Gasteiger partial charge is 0.257 e. The number of rotatable bonds is 6. The first-order valence-electron chi connectivity index (χ1n) is 8.83. The number of benzene rings is 2. The van der Waals surface area contributed by atoms with Crippen LogP contribution in [0.4, 0.5) is 5.69 Å². The van der Waals surface area contributed by atoms with Gasteiger partial charge in [-0.2, -0.15) is 5.10 Å². The highest BCUT2D eigenvalue weighted by Gasteiger charge is 2.23. The van der Waals surface area contributed by atoms with E-state index in [1.54, 1.807) is 35.3 Å². The number of amides is 2. The Balaban J connectivity index is 1.43. The van der Waals surface area contributed by atoms with E-state index in [-0.39, 0.29) is 11.8 Å². The van der Waals surface area contributed by atoms with E-state index in [4.69, 9.17) is 0 Å². The largest absolute Gasteiger partial charge is 0.353 e. The predicted molar refractivity (Wildman–Crippen MR) is 101 cm³/mol. The van der Waals surface area contributed by atoms with E-state index in [0.717, 1.165) is 18.4 Å². The Kier molecular flexibility index (Phi) is 4.65. The van der Waals surface area contributed by atoms with Crippen molar-refractivity contribution in [3.8, 4) is 5.69 Å². The highest BCUT2D eigenvalue weighted by atomic mass is 16.2. The molecule has 136 valence electrons. The summed E-state index contributed by atoms with van der Waals surface area (Å²) in [6.45, 7) is 0. The second-order valence-electron chi connectivity index (χ2n) is 6.53. The minimum absolute atomic E-state index is 0.0380. The van der Waals surface area contributed by atoms with E-state index in [1.807, 2.05) is 24.3 Å². The second-order valence-corrected chi connectivity index (χ2v) is 6.53. The van der Waals surface area contributed by atoms with Crippen LogP contribution in [0.2, 0.25) is 0 Å². The minimum atomic E-state index is -0.236. The van der Waals surface area contributed by atoms with Crippen molar-refractivity contribution in [3.63, 3.8) is 0 Å². The zero-order valence-electron chi connectivity index (χ0n) is 14.6. The molecule has 1 aliphatic carbocycles. The van der Waals surface area contributed by atoms with Crippen molar-refractivity contribution in [2.45, 2.75) is 25.3 Å². The molecule has 0 bridgehead atoms. The number of carbonyl (C=O) groups is 2. The molecular weight excluding hydrogens is 342 g/mol. The van der Waals surface area contributed by atoms with Crippen molar-refractivity contribution in [1.29, 1.82) is 0 Å². The molecule has 2 aromatic carbocycles. The van der Waals surface area contributed by atoms with Gasteiger partial charge in [-0.3, -0.25) is 9.59 Å². The van der Waals surface area contributed by atoms with Gasteiger partial charge in [0.1, 0.15) is 12.7 Å². The standard InChI is InChI=1S/C20H19N5O2/c26-19(23-15-9-10-15)11-14-5-7-16(8-6-14)24-20(27)17-3-1-2-4-18(17)25-13-21-12-22-25/h1-8,12-13,15H,9-11H2,(H,23,26)(H,24,27). The molecule has 4 rings (SSSR count). The quantitative estimate of drug-likeness (QED) is 0.705. The minimum Gasteiger partial charge on any atom is -0.353 e.